The van der Waals surface area contributed by atoms with Gasteiger partial charge in [-0.1, -0.05) is 6.07 Å². The average molecular weight is 569 g/mol. The van der Waals surface area contributed by atoms with Gasteiger partial charge in [-0.2, -0.15) is 4.98 Å². The maximum Gasteiger partial charge on any atom is 0.228 e. The number of likely N-dealkylation sites (tertiary alicyclic amines) is 1. The Hall–Kier alpha value is -4.10. The van der Waals surface area contributed by atoms with E-state index in [1.807, 2.05) is 68.7 Å². The minimum atomic E-state index is -0.615. The fraction of sp³-hybridized carbons (Fsp3) is 0.310. The van der Waals surface area contributed by atoms with Crippen LogP contribution in [0.4, 0.5) is 17.6 Å². The Morgan fingerprint density at radius 1 is 1.07 bits per heavy atom. The van der Waals surface area contributed by atoms with Gasteiger partial charge in [0, 0.05) is 80.4 Å². The zero-order valence-electron chi connectivity index (χ0n) is 23.2. The van der Waals surface area contributed by atoms with Crippen molar-refractivity contribution in [2.24, 2.45) is 5.73 Å². The van der Waals surface area contributed by atoms with Crippen molar-refractivity contribution in [1.29, 1.82) is 0 Å². The standard InChI is InChI=1S/C29H32N10OS/c1-18-5-4-7-32-26(18)20-12-21(15-31-14-20)27-35-22-13-24(33-16-23(22)41-27)36-25-11-19(2)34-28(37-25)38(3)29(30)6-8-39(17-29)9-10-40/h4-5,7,11-16,40H,6,8-10,17,30H2,1-3H3,(H,33,34,36,37). The molecule has 6 rings (SSSR count). The van der Waals surface area contributed by atoms with Gasteiger partial charge in [0.05, 0.1) is 22.5 Å². The van der Waals surface area contributed by atoms with Crippen LogP contribution in [-0.4, -0.2) is 78.9 Å². The van der Waals surface area contributed by atoms with Gasteiger partial charge in [0.25, 0.3) is 0 Å². The predicted molar refractivity (Wildman–Crippen MR) is 162 cm³/mol. The summed E-state index contributed by atoms with van der Waals surface area (Å²) in [6.07, 6.45) is 8.03. The van der Waals surface area contributed by atoms with Gasteiger partial charge in [0.1, 0.15) is 22.3 Å². The van der Waals surface area contributed by atoms with Crippen molar-refractivity contribution in [3.63, 3.8) is 0 Å². The number of thiazole rings is 1. The number of β-amino-alcohol motifs (C(OH)–C–C–N with tert-alkyl or cyclic N) is 1. The number of aromatic nitrogens is 6. The molecule has 1 aliphatic rings. The van der Waals surface area contributed by atoms with Gasteiger partial charge in [0.15, 0.2) is 0 Å². The quantitative estimate of drug-likeness (QED) is 0.236. The van der Waals surface area contributed by atoms with E-state index in [0.29, 0.717) is 30.7 Å². The summed E-state index contributed by atoms with van der Waals surface area (Å²) in [5.74, 6) is 1.79. The van der Waals surface area contributed by atoms with E-state index in [9.17, 15) is 5.11 Å². The summed E-state index contributed by atoms with van der Waals surface area (Å²) < 4.78 is 0.975. The molecule has 1 aliphatic heterocycles. The number of fused-ring (bicyclic) bond motifs is 1. The van der Waals surface area contributed by atoms with Crippen LogP contribution < -0.4 is 16.0 Å². The van der Waals surface area contributed by atoms with E-state index in [0.717, 1.165) is 56.3 Å². The summed E-state index contributed by atoms with van der Waals surface area (Å²) in [4.78, 5) is 32.0. The predicted octanol–water partition coefficient (Wildman–Crippen LogP) is 3.75. The minimum Gasteiger partial charge on any atom is -0.395 e. The average Bonchev–Trinajstić information content (AvgIpc) is 3.57. The number of pyridine rings is 3. The lowest BCUT2D eigenvalue weighted by Crippen LogP contribution is -2.57. The van der Waals surface area contributed by atoms with Crippen LogP contribution in [-0.2, 0) is 0 Å². The van der Waals surface area contributed by atoms with Crippen molar-refractivity contribution in [2.45, 2.75) is 25.9 Å². The molecular formula is C29H32N10OS. The summed E-state index contributed by atoms with van der Waals surface area (Å²) in [7, 11) is 1.92. The summed E-state index contributed by atoms with van der Waals surface area (Å²) >= 11 is 1.57. The van der Waals surface area contributed by atoms with Gasteiger partial charge in [-0.25, -0.2) is 15.0 Å². The fourth-order valence-corrected chi connectivity index (χ4v) is 6.00. The first-order valence-corrected chi connectivity index (χ1v) is 14.3. The fourth-order valence-electron chi connectivity index (χ4n) is 5.10. The van der Waals surface area contributed by atoms with Gasteiger partial charge in [0.2, 0.25) is 5.95 Å². The molecule has 0 amide bonds. The highest BCUT2D eigenvalue weighted by molar-refractivity contribution is 7.21. The van der Waals surface area contributed by atoms with Crippen LogP contribution in [0.3, 0.4) is 0 Å². The Balaban J connectivity index is 1.24. The lowest BCUT2D eigenvalue weighted by atomic mass is 10.1. The Kier molecular flexibility index (Phi) is 7.30. The molecule has 12 heteroatoms. The smallest absolute Gasteiger partial charge is 0.228 e. The van der Waals surface area contributed by atoms with Gasteiger partial charge in [-0.3, -0.25) is 14.9 Å². The third-order valence-electron chi connectivity index (χ3n) is 7.38. The van der Waals surface area contributed by atoms with Crippen LogP contribution in [0.25, 0.3) is 32.0 Å². The minimum absolute atomic E-state index is 0.112. The molecule has 41 heavy (non-hydrogen) atoms. The van der Waals surface area contributed by atoms with Crippen LogP contribution in [0.5, 0.6) is 0 Å². The summed E-state index contributed by atoms with van der Waals surface area (Å²) in [6.45, 7) is 6.14. The Bertz CT molecular complexity index is 1710. The molecule has 1 saturated heterocycles. The highest BCUT2D eigenvalue weighted by atomic mass is 32.1. The zero-order valence-corrected chi connectivity index (χ0v) is 24.1. The van der Waals surface area contributed by atoms with Crippen LogP contribution in [0.1, 0.15) is 17.7 Å². The number of rotatable bonds is 8. The van der Waals surface area contributed by atoms with Crippen molar-refractivity contribution < 1.29 is 5.11 Å². The summed E-state index contributed by atoms with van der Waals surface area (Å²) in [5.41, 5.74) is 11.7. The molecule has 1 unspecified atom stereocenters. The lowest BCUT2D eigenvalue weighted by Gasteiger charge is -2.35. The van der Waals surface area contributed by atoms with Crippen LogP contribution in [0, 0.1) is 13.8 Å². The largest absolute Gasteiger partial charge is 0.395 e. The Labute approximate surface area is 242 Å². The molecule has 0 radical (unpaired) electrons. The highest BCUT2D eigenvalue weighted by Gasteiger charge is 2.39. The molecule has 5 aromatic rings. The first-order valence-electron chi connectivity index (χ1n) is 13.4. The van der Waals surface area contributed by atoms with Gasteiger partial charge in [-0.15, -0.1) is 11.3 Å². The number of hydrogen-bond donors (Lipinski definition) is 3. The van der Waals surface area contributed by atoms with E-state index in [1.54, 1.807) is 17.5 Å². The first kappa shape index (κ1) is 27.1. The van der Waals surface area contributed by atoms with E-state index >= 15 is 0 Å². The van der Waals surface area contributed by atoms with E-state index in [4.69, 9.17) is 15.7 Å². The maximum atomic E-state index is 9.31. The van der Waals surface area contributed by atoms with Crippen molar-refractivity contribution in [3.8, 4) is 21.8 Å². The highest BCUT2D eigenvalue weighted by Crippen LogP contribution is 2.33. The molecule has 210 valence electrons. The van der Waals surface area contributed by atoms with Crippen LogP contribution >= 0.6 is 11.3 Å². The number of anilines is 3. The number of nitrogens with one attached hydrogen (secondary N) is 1. The van der Waals surface area contributed by atoms with Crippen molar-refractivity contribution in [3.05, 3.63) is 66.4 Å². The zero-order chi connectivity index (χ0) is 28.6. The van der Waals surface area contributed by atoms with Crippen molar-refractivity contribution in [2.75, 3.05) is 43.5 Å². The second-order valence-electron chi connectivity index (χ2n) is 10.4. The normalized spacial score (nSPS) is 17.3. The third-order valence-corrected chi connectivity index (χ3v) is 8.44. The topological polar surface area (TPSA) is 142 Å². The van der Waals surface area contributed by atoms with Gasteiger partial charge < -0.3 is 21.1 Å². The molecule has 1 fully saturated rings. The number of nitrogens with two attached hydrogens (primary N) is 1. The number of aryl methyl sites for hydroxylation is 2. The maximum absolute atomic E-state index is 9.31. The molecule has 4 N–H and O–H groups in total. The number of hydrogen-bond acceptors (Lipinski definition) is 12. The summed E-state index contributed by atoms with van der Waals surface area (Å²) in [6, 6.07) is 9.85. The molecule has 0 bridgehead atoms. The van der Waals surface area contributed by atoms with Gasteiger partial charge in [-0.05, 0) is 38.0 Å². The second kappa shape index (κ2) is 11.1. The van der Waals surface area contributed by atoms with E-state index in [1.165, 1.54) is 0 Å². The SMILES string of the molecule is Cc1cc(Nc2cc3nc(-c4cncc(-c5ncccc5C)c4)sc3cn2)nc(N(C)C2(N)CCN(CCO)C2)n1. The van der Waals surface area contributed by atoms with E-state index in [2.05, 4.69) is 36.2 Å². The molecule has 0 aromatic carbocycles. The van der Waals surface area contributed by atoms with Crippen LogP contribution in [0.2, 0.25) is 0 Å². The van der Waals surface area contributed by atoms with E-state index in [-0.39, 0.29) is 6.61 Å². The van der Waals surface area contributed by atoms with E-state index < -0.39 is 5.66 Å². The molecule has 1 atom stereocenters. The first-order chi connectivity index (χ1) is 19.8. The number of nitrogens with zero attached hydrogens (tertiary/aromatic N) is 8. The van der Waals surface area contributed by atoms with Crippen LogP contribution in [0.15, 0.2) is 55.1 Å². The molecular weight excluding hydrogens is 536 g/mol. The lowest BCUT2D eigenvalue weighted by molar-refractivity contribution is 0.214. The monoisotopic (exact) mass is 568 g/mol. The molecule has 11 nitrogen and oxygen atoms in total. The molecule has 0 aliphatic carbocycles. The molecule has 5 aromatic heterocycles. The number of aliphatic hydroxyl groups excluding tert-OH is 1. The van der Waals surface area contributed by atoms with Gasteiger partial charge >= 0.3 is 0 Å². The number of likely N-dealkylation sites (N-methyl/N-ethyl adjacent to an activating group) is 1. The molecule has 0 spiro atoms. The molecule has 0 saturated carbocycles. The Morgan fingerprint density at radius 2 is 1.93 bits per heavy atom. The third kappa shape index (κ3) is 5.59. The Morgan fingerprint density at radius 3 is 2.76 bits per heavy atom. The van der Waals surface area contributed by atoms with Crippen molar-refractivity contribution in [1.82, 2.24) is 34.8 Å². The summed E-state index contributed by atoms with van der Waals surface area (Å²) in [5, 5.41) is 13.5. The second-order valence-corrected chi connectivity index (χ2v) is 11.5. The molecule has 6 heterocycles. The number of aliphatic hydroxyl groups is 1. The van der Waals surface area contributed by atoms with Crippen molar-refractivity contribution >= 4 is 39.1 Å².